The number of rotatable bonds is 2. The molecule has 1 N–H and O–H groups in total. The molecule has 21 heavy (non-hydrogen) atoms. The molecule has 3 rings (SSSR count). The molecule has 1 atom stereocenters. The van der Waals surface area contributed by atoms with Crippen LogP contribution in [0.5, 0.6) is 0 Å². The summed E-state index contributed by atoms with van der Waals surface area (Å²) in [6, 6.07) is 7.36. The quantitative estimate of drug-likeness (QED) is 0.917. The number of carbonyl (C=O) groups excluding carboxylic acids is 1. The van der Waals surface area contributed by atoms with E-state index in [0.29, 0.717) is 5.69 Å². The maximum absolute atomic E-state index is 12.7. The topological polar surface area (TPSA) is 58.1 Å². The Kier molecular flexibility index (Phi) is 3.41. The highest BCUT2D eigenvalue weighted by atomic mass is 16.2. The standard InChI is InChI=1S/C16H19N3O2/c1-11-9-12(17-15(20)10-11)16(21)19-8-4-6-14(19)13-5-3-7-18(13)2/h3,5,7,9-10,14H,4,6,8H2,1-2H3,(H,17,20). The van der Waals surface area contributed by atoms with Crippen LogP contribution in [-0.4, -0.2) is 26.9 Å². The highest BCUT2D eigenvalue weighted by Gasteiger charge is 2.32. The van der Waals surface area contributed by atoms with Gasteiger partial charge in [-0.2, -0.15) is 0 Å². The van der Waals surface area contributed by atoms with Gasteiger partial charge in [0.25, 0.3) is 5.91 Å². The van der Waals surface area contributed by atoms with Crippen LogP contribution in [0.25, 0.3) is 0 Å². The van der Waals surface area contributed by atoms with Crippen LogP contribution in [0.15, 0.2) is 35.3 Å². The van der Waals surface area contributed by atoms with E-state index in [1.165, 1.54) is 6.07 Å². The molecule has 1 saturated heterocycles. The number of aromatic amines is 1. The van der Waals surface area contributed by atoms with Crippen LogP contribution in [0.3, 0.4) is 0 Å². The van der Waals surface area contributed by atoms with Crippen molar-refractivity contribution in [2.24, 2.45) is 7.05 Å². The van der Waals surface area contributed by atoms with E-state index < -0.39 is 0 Å². The van der Waals surface area contributed by atoms with E-state index in [0.717, 1.165) is 30.6 Å². The summed E-state index contributed by atoms with van der Waals surface area (Å²) < 4.78 is 2.05. The largest absolute Gasteiger partial charge is 0.353 e. The normalized spacial score (nSPS) is 18.2. The summed E-state index contributed by atoms with van der Waals surface area (Å²) in [7, 11) is 1.99. The second kappa shape index (κ2) is 5.24. The van der Waals surface area contributed by atoms with Gasteiger partial charge in [0.05, 0.1) is 6.04 Å². The van der Waals surface area contributed by atoms with E-state index in [4.69, 9.17) is 0 Å². The Morgan fingerprint density at radius 3 is 2.86 bits per heavy atom. The third-order valence-electron chi connectivity index (χ3n) is 4.06. The Morgan fingerprint density at radius 2 is 2.19 bits per heavy atom. The van der Waals surface area contributed by atoms with Crippen LogP contribution >= 0.6 is 0 Å². The molecule has 110 valence electrons. The van der Waals surface area contributed by atoms with E-state index >= 15 is 0 Å². The minimum absolute atomic E-state index is 0.0847. The smallest absolute Gasteiger partial charge is 0.270 e. The number of amides is 1. The Morgan fingerprint density at radius 1 is 1.38 bits per heavy atom. The fraction of sp³-hybridized carbons (Fsp3) is 0.375. The maximum atomic E-state index is 12.7. The van der Waals surface area contributed by atoms with Gasteiger partial charge >= 0.3 is 0 Å². The number of hydrogen-bond acceptors (Lipinski definition) is 2. The van der Waals surface area contributed by atoms with Crippen molar-refractivity contribution in [1.29, 1.82) is 0 Å². The monoisotopic (exact) mass is 285 g/mol. The Hall–Kier alpha value is -2.30. The second-order valence-corrected chi connectivity index (χ2v) is 5.64. The summed E-state index contributed by atoms with van der Waals surface area (Å²) in [6.45, 7) is 2.55. The van der Waals surface area contributed by atoms with Crippen LogP contribution in [0.2, 0.25) is 0 Å². The van der Waals surface area contributed by atoms with Crippen LogP contribution in [-0.2, 0) is 7.05 Å². The average Bonchev–Trinajstić information content (AvgIpc) is 3.04. The maximum Gasteiger partial charge on any atom is 0.270 e. The van der Waals surface area contributed by atoms with Crippen LogP contribution in [0.1, 0.15) is 40.6 Å². The molecule has 1 fully saturated rings. The zero-order chi connectivity index (χ0) is 15.0. The molecular weight excluding hydrogens is 266 g/mol. The van der Waals surface area contributed by atoms with Gasteiger partial charge in [0.1, 0.15) is 5.69 Å². The number of nitrogens with one attached hydrogen (secondary N) is 1. The molecule has 0 saturated carbocycles. The van der Waals surface area contributed by atoms with Crippen molar-refractivity contribution < 1.29 is 4.79 Å². The van der Waals surface area contributed by atoms with Crippen molar-refractivity contribution in [3.8, 4) is 0 Å². The van der Waals surface area contributed by atoms with Gasteiger partial charge in [-0.05, 0) is 43.5 Å². The summed E-state index contributed by atoms with van der Waals surface area (Å²) in [5.41, 5.74) is 2.08. The lowest BCUT2D eigenvalue weighted by atomic mass is 10.1. The molecule has 1 amide bonds. The molecule has 5 heteroatoms. The Bertz CT molecular complexity index is 729. The highest BCUT2D eigenvalue weighted by molar-refractivity contribution is 5.92. The molecule has 0 spiro atoms. The predicted octanol–water partition coefficient (Wildman–Crippen LogP) is 2.00. The first-order chi connectivity index (χ1) is 10.1. The molecule has 0 bridgehead atoms. The molecule has 2 aromatic rings. The Labute approximate surface area is 123 Å². The van der Waals surface area contributed by atoms with Gasteiger partial charge in [-0.1, -0.05) is 0 Å². The lowest BCUT2D eigenvalue weighted by molar-refractivity contribution is 0.0725. The van der Waals surface area contributed by atoms with E-state index in [9.17, 15) is 9.59 Å². The van der Waals surface area contributed by atoms with Gasteiger partial charge in [0, 0.05) is 31.5 Å². The number of nitrogens with zero attached hydrogens (tertiary/aromatic N) is 2. The number of hydrogen-bond donors (Lipinski definition) is 1. The first-order valence-electron chi connectivity index (χ1n) is 7.19. The first-order valence-corrected chi connectivity index (χ1v) is 7.19. The zero-order valence-electron chi connectivity index (χ0n) is 12.3. The molecular formula is C16H19N3O2. The molecule has 5 nitrogen and oxygen atoms in total. The molecule has 1 aliphatic heterocycles. The fourth-order valence-electron chi connectivity index (χ4n) is 3.09. The third-order valence-corrected chi connectivity index (χ3v) is 4.06. The summed E-state index contributed by atoms with van der Waals surface area (Å²) >= 11 is 0. The summed E-state index contributed by atoms with van der Waals surface area (Å²) in [6.07, 6.45) is 3.93. The molecule has 3 heterocycles. The van der Waals surface area contributed by atoms with Gasteiger partial charge in [0.15, 0.2) is 0 Å². The first kappa shape index (κ1) is 13.7. The second-order valence-electron chi connectivity index (χ2n) is 5.64. The van der Waals surface area contributed by atoms with E-state index in [1.807, 2.05) is 31.1 Å². The molecule has 0 aliphatic carbocycles. The lowest BCUT2D eigenvalue weighted by Crippen LogP contribution is -2.33. The zero-order valence-corrected chi connectivity index (χ0v) is 12.3. The van der Waals surface area contributed by atoms with Crippen molar-refractivity contribution in [3.63, 3.8) is 0 Å². The van der Waals surface area contributed by atoms with Crippen LogP contribution < -0.4 is 5.56 Å². The predicted molar refractivity (Wildman–Crippen MR) is 80.2 cm³/mol. The molecule has 0 radical (unpaired) electrons. The van der Waals surface area contributed by atoms with Crippen molar-refractivity contribution in [2.75, 3.05) is 6.54 Å². The van der Waals surface area contributed by atoms with E-state index in [-0.39, 0.29) is 17.5 Å². The number of aryl methyl sites for hydroxylation is 2. The lowest BCUT2D eigenvalue weighted by Gasteiger charge is -2.25. The number of pyridine rings is 1. The molecule has 1 aliphatic rings. The number of H-pyrrole nitrogens is 1. The van der Waals surface area contributed by atoms with Crippen molar-refractivity contribution in [1.82, 2.24) is 14.5 Å². The van der Waals surface area contributed by atoms with Crippen molar-refractivity contribution >= 4 is 5.91 Å². The van der Waals surface area contributed by atoms with Gasteiger partial charge < -0.3 is 14.5 Å². The van der Waals surface area contributed by atoms with E-state index in [1.54, 1.807) is 6.07 Å². The number of aromatic nitrogens is 2. The minimum atomic E-state index is -0.229. The number of likely N-dealkylation sites (tertiary alicyclic amines) is 1. The minimum Gasteiger partial charge on any atom is -0.353 e. The highest BCUT2D eigenvalue weighted by Crippen LogP contribution is 2.32. The fourth-order valence-corrected chi connectivity index (χ4v) is 3.09. The Balaban J connectivity index is 1.93. The van der Waals surface area contributed by atoms with Crippen molar-refractivity contribution in [3.05, 3.63) is 57.8 Å². The summed E-state index contributed by atoms with van der Waals surface area (Å²) in [5.74, 6) is -0.0977. The van der Waals surface area contributed by atoms with Gasteiger partial charge in [-0.3, -0.25) is 9.59 Å². The number of carbonyl (C=O) groups is 1. The van der Waals surface area contributed by atoms with Gasteiger partial charge in [0.2, 0.25) is 5.56 Å². The SMILES string of the molecule is Cc1cc(C(=O)N2CCCC2c2cccn2C)[nH]c(=O)c1. The van der Waals surface area contributed by atoms with E-state index in [2.05, 4.69) is 15.6 Å². The molecule has 1 unspecified atom stereocenters. The third kappa shape index (κ3) is 2.51. The van der Waals surface area contributed by atoms with Crippen molar-refractivity contribution in [2.45, 2.75) is 25.8 Å². The summed E-state index contributed by atoms with van der Waals surface area (Å²) in [5, 5.41) is 0. The van der Waals surface area contributed by atoms with Crippen LogP contribution in [0.4, 0.5) is 0 Å². The molecule has 0 aromatic carbocycles. The molecule has 2 aromatic heterocycles. The van der Waals surface area contributed by atoms with Crippen LogP contribution in [0, 0.1) is 6.92 Å². The average molecular weight is 285 g/mol. The van der Waals surface area contributed by atoms with Gasteiger partial charge in [-0.25, -0.2) is 0 Å². The summed E-state index contributed by atoms with van der Waals surface area (Å²) in [4.78, 5) is 28.8. The van der Waals surface area contributed by atoms with Gasteiger partial charge in [-0.15, -0.1) is 0 Å².